The first-order valence-electron chi connectivity index (χ1n) is 5.31. The number of alkyl halides is 2. The first-order chi connectivity index (χ1) is 9.19. The monoisotopic (exact) mass is 287 g/mol. The van der Waals surface area contributed by atoms with Crippen LogP contribution in [-0.2, 0) is 6.54 Å². The van der Waals surface area contributed by atoms with Crippen LogP contribution in [0.2, 0.25) is 0 Å². The average molecular weight is 287 g/mol. The average Bonchev–Trinajstić information content (AvgIpc) is 2.90. The van der Waals surface area contributed by atoms with Crippen molar-refractivity contribution in [3.05, 3.63) is 29.3 Å². The first kappa shape index (κ1) is 13.5. The molecule has 0 aliphatic carbocycles. The lowest BCUT2D eigenvalue weighted by atomic mass is 10.2. The number of ether oxygens (including phenoxy) is 2. The lowest BCUT2D eigenvalue weighted by Crippen LogP contribution is -2.07. The van der Waals surface area contributed by atoms with E-state index in [2.05, 4.69) is 19.6 Å². The van der Waals surface area contributed by atoms with Gasteiger partial charge in [0.1, 0.15) is 11.5 Å². The normalized spacial score (nSPS) is 10.5. The van der Waals surface area contributed by atoms with Crippen molar-refractivity contribution in [2.45, 2.75) is 13.2 Å². The summed E-state index contributed by atoms with van der Waals surface area (Å²) in [6.45, 7) is -2.52. The van der Waals surface area contributed by atoms with Crippen molar-refractivity contribution in [2.24, 2.45) is 0 Å². The molecule has 19 heavy (non-hydrogen) atoms. The number of nitrogens with zero attached hydrogens (tertiary/aromatic N) is 2. The van der Waals surface area contributed by atoms with Gasteiger partial charge in [-0.3, -0.25) is 0 Å². The van der Waals surface area contributed by atoms with Gasteiger partial charge in [-0.2, -0.15) is 8.78 Å². The zero-order valence-corrected chi connectivity index (χ0v) is 10.8. The molecule has 0 radical (unpaired) electrons. The lowest BCUT2D eigenvalue weighted by Gasteiger charge is -2.13. The molecule has 2 rings (SSSR count). The van der Waals surface area contributed by atoms with E-state index in [4.69, 9.17) is 4.74 Å². The molecule has 0 atom stereocenters. The second-order valence-electron chi connectivity index (χ2n) is 3.49. The molecule has 1 aromatic carbocycles. The fraction of sp³-hybridized carbons (Fsp3) is 0.273. The topological polar surface area (TPSA) is 56.3 Å². The number of aromatic nitrogens is 2. The third-order valence-corrected chi connectivity index (χ3v) is 2.82. The molecule has 102 valence electrons. The predicted molar refractivity (Wildman–Crippen MR) is 66.9 cm³/mol. The minimum absolute atomic E-state index is 0.0546. The number of benzene rings is 1. The molecule has 0 saturated heterocycles. The van der Waals surface area contributed by atoms with E-state index in [9.17, 15) is 8.78 Å². The quantitative estimate of drug-likeness (QED) is 0.885. The third-order valence-electron chi connectivity index (χ3n) is 2.27. The first-order valence-corrected chi connectivity index (χ1v) is 6.15. The summed E-state index contributed by atoms with van der Waals surface area (Å²) in [6.07, 6.45) is 0. The van der Waals surface area contributed by atoms with Crippen LogP contribution in [0.1, 0.15) is 5.69 Å². The van der Waals surface area contributed by atoms with Gasteiger partial charge in [0.05, 0.1) is 25.0 Å². The van der Waals surface area contributed by atoms with Crippen molar-refractivity contribution in [2.75, 3.05) is 12.4 Å². The Hall–Kier alpha value is -1.96. The number of nitrogens with one attached hydrogen (secondary N) is 1. The van der Waals surface area contributed by atoms with Gasteiger partial charge in [-0.05, 0) is 23.7 Å². The maximum atomic E-state index is 12.3. The fourth-order valence-corrected chi connectivity index (χ4v) is 1.87. The van der Waals surface area contributed by atoms with E-state index in [1.54, 1.807) is 17.5 Å². The maximum Gasteiger partial charge on any atom is 0.387 e. The van der Waals surface area contributed by atoms with Gasteiger partial charge in [0.2, 0.25) is 0 Å². The molecule has 1 heterocycles. The highest BCUT2D eigenvalue weighted by Gasteiger charge is 2.11. The molecule has 1 N–H and O–H groups in total. The number of hydrogen-bond acceptors (Lipinski definition) is 6. The Morgan fingerprint density at radius 2 is 2.26 bits per heavy atom. The van der Waals surface area contributed by atoms with E-state index in [1.807, 2.05) is 0 Å². The van der Waals surface area contributed by atoms with Crippen LogP contribution >= 0.6 is 11.5 Å². The Morgan fingerprint density at radius 1 is 1.42 bits per heavy atom. The molecule has 5 nitrogen and oxygen atoms in total. The molecular weight excluding hydrogens is 276 g/mol. The van der Waals surface area contributed by atoms with E-state index < -0.39 is 6.61 Å². The molecule has 0 spiro atoms. The Morgan fingerprint density at radius 3 is 2.89 bits per heavy atom. The van der Waals surface area contributed by atoms with Gasteiger partial charge >= 0.3 is 6.61 Å². The summed E-state index contributed by atoms with van der Waals surface area (Å²) in [4.78, 5) is 0. The molecule has 8 heteroatoms. The summed E-state index contributed by atoms with van der Waals surface area (Å²) in [5.74, 6) is 0.597. The molecular formula is C11H11F2N3O2S. The van der Waals surface area contributed by atoms with Gasteiger partial charge < -0.3 is 14.8 Å². The molecule has 1 aromatic heterocycles. The van der Waals surface area contributed by atoms with E-state index >= 15 is 0 Å². The van der Waals surface area contributed by atoms with Gasteiger partial charge in [0.25, 0.3) is 0 Å². The molecule has 0 unspecified atom stereocenters. The molecule has 0 bridgehead atoms. The maximum absolute atomic E-state index is 12.3. The van der Waals surface area contributed by atoms with Crippen LogP contribution < -0.4 is 14.8 Å². The van der Waals surface area contributed by atoms with Crippen LogP contribution in [0.25, 0.3) is 0 Å². The fourth-order valence-electron chi connectivity index (χ4n) is 1.42. The Bertz CT molecular complexity index is 523. The number of halogens is 2. The van der Waals surface area contributed by atoms with Gasteiger partial charge in [0.15, 0.2) is 0 Å². The van der Waals surface area contributed by atoms with Gasteiger partial charge in [0, 0.05) is 11.4 Å². The Balaban J connectivity index is 2.14. The molecule has 0 saturated carbocycles. The SMILES string of the molecule is COc1ccc(OC(F)F)c(NCc2csnn2)c1. The number of methoxy groups -OCH3 is 1. The van der Waals surface area contributed by atoms with Crippen LogP contribution in [0, 0.1) is 0 Å². The second-order valence-corrected chi connectivity index (χ2v) is 4.10. The van der Waals surface area contributed by atoms with E-state index in [1.165, 1.54) is 24.7 Å². The van der Waals surface area contributed by atoms with Crippen molar-refractivity contribution in [3.8, 4) is 11.5 Å². The van der Waals surface area contributed by atoms with Crippen molar-refractivity contribution >= 4 is 17.2 Å². The summed E-state index contributed by atoms with van der Waals surface area (Å²) < 4.78 is 37.8. The zero-order valence-electron chi connectivity index (χ0n) is 9.97. The minimum Gasteiger partial charge on any atom is -0.497 e. The third kappa shape index (κ3) is 3.75. The second kappa shape index (κ2) is 6.28. The van der Waals surface area contributed by atoms with Gasteiger partial charge in [-0.1, -0.05) is 4.49 Å². The van der Waals surface area contributed by atoms with Crippen LogP contribution in [0.3, 0.4) is 0 Å². The predicted octanol–water partition coefficient (Wildman–Crippen LogP) is 2.76. The molecule has 0 aliphatic heterocycles. The highest BCUT2D eigenvalue weighted by atomic mass is 32.1. The highest BCUT2D eigenvalue weighted by molar-refractivity contribution is 7.03. The van der Waals surface area contributed by atoms with Crippen LogP contribution in [0.4, 0.5) is 14.5 Å². The van der Waals surface area contributed by atoms with Crippen LogP contribution in [-0.4, -0.2) is 23.3 Å². The van der Waals surface area contributed by atoms with Crippen molar-refractivity contribution < 1.29 is 18.3 Å². The summed E-state index contributed by atoms with van der Waals surface area (Å²) in [5.41, 5.74) is 1.13. The van der Waals surface area contributed by atoms with Gasteiger partial charge in [-0.25, -0.2) is 0 Å². The Kier molecular flexibility index (Phi) is 4.45. The molecule has 2 aromatic rings. The van der Waals surface area contributed by atoms with E-state index in [0.717, 1.165) is 5.69 Å². The summed E-state index contributed by atoms with van der Waals surface area (Å²) in [7, 11) is 1.50. The smallest absolute Gasteiger partial charge is 0.387 e. The lowest BCUT2D eigenvalue weighted by molar-refractivity contribution is -0.0493. The summed E-state index contributed by atoms with van der Waals surface area (Å²) in [5, 5.41) is 8.58. The minimum atomic E-state index is -2.88. The standard InChI is InChI=1S/C11H11F2N3O2S/c1-17-8-2-3-10(18-11(12)13)9(4-8)14-5-7-6-19-16-15-7/h2-4,6,11,14H,5H2,1H3. The van der Waals surface area contributed by atoms with Crippen LogP contribution in [0.15, 0.2) is 23.6 Å². The van der Waals surface area contributed by atoms with Crippen molar-refractivity contribution in [1.82, 2.24) is 9.59 Å². The molecule has 0 amide bonds. The van der Waals surface area contributed by atoms with Crippen LogP contribution in [0.5, 0.6) is 11.5 Å². The van der Waals surface area contributed by atoms with Gasteiger partial charge in [-0.15, -0.1) is 5.10 Å². The summed E-state index contributed by atoms with van der Waals surface area (Å²) >= 11 is 1.22. The van der Waals surface area contributed by atoms with E-state index in [-0.39, 0.29) is 5.75 Å². The molecule has 0 fully saturated rings. The number of rotatable bonds is 6. The Labute approximate surface area is 112 Å². The largest absolute Gasteiger partial charge is 0.497 e. The van der Waals surface area contributed by atoms with E-state index in [0.29, 0.717) is 18.0 Å². The number of anilines is 1. The van der Waals surface area contributed by atoms with Crippen molar-refractivity contribution in [1.29, 1.82) is 0 Å². The summed E-state index contributed by atoms with van der Waals surface area (Å²) in [6, 6.07) is 4.55. The number of hydrogen-bond donors (Lipinski definition) is 1. The van der Waals surface area contributed by atoms with Crippen molar-refractivity contribution in [3.63, 3.8) is 0 Å². The zero-order chi connectivity index (χ0) is 13.7. The molecule has 0 aliphatic rings. The highest BCUT2D eigenvalue weighted by Crippen LogP contribution is 2.30.